The Kier molecular flexibility index (Phi) is 6.63. The van der Waals surface area contributed by atoms with E-state index in [9.17, 15) is 0 Å². The number of rotatable bonds is 5. The van der Waals surface area contributed by atoms with Crippen LogP contribution in [0.15, 0.2) is 10.2 Å². The molecule has 0 aromatic heterocycles. The highest BCUT2D eigenvalue weighted by molar-refractivity contribution is 14.1. The van der Waals surface area contributed by atoms with Crippen molar-refractivity contribution in [1.82, 2.24) is 0 Å². The van der Waals surface area contributed by atoms with E-state index in [0.717, 1.165) is 0 Å². The maximum atomic E-state index is 8.96. The lowest BCUT2D eigenvalue weighted by Crippen LogP contribution is -2.43. The van der Waals surface area contributed by atoms with E-state index in [1.165, 1.54) is 0 Å². The lowest BCUT2D eigenvalue weighted by molar-refractivity contribution is 0.174. The first-order chi connectivity index (χ1) is 6.74. The van der Waals surface area contributed by atoms with Crippen LogP contribution in [0.2, 0.25) is 18.1 Å². The standard InChI is InChI=1S/C11H23IO2Si/c1-11(2,3)15(4,5)14-10(6-8-12)7-9-13/h6,8,10,13H,7,9H2,1-5H3/b8-6+. The maximum Gasteiger partial charge on any atom is 0.192 e. The molecular formula is C11H23IO2Si. The van der Waals surface area contributed by atoms with Crippen molar-refractivity contribution in [3.63, 3.8) is 0 Å². The van der Waals surface area contributed by atoms with Crippen molar-refractivity contribution in [2.75, 3.05) is 6.61 Å². The lowest BCUT2D eigenvalue weighted by atomic mass is 10.2. The molecule has 1 N–H and O–H groups in total. The van der Waals surface area contributed by atoms with Crippen LogP contribution in [0.4, 0.5) is 0 Å². The summed E-state index contributed by atoms with van der Waals surface area (Å²) in [5.74, 6) is 0. The second-order valence-corrected chi connectivity index (χ2v) is 10.7. The molecule has 0 radical (unpaired) electrons. The summed E-state index contributed by atoms with van der Waals surface area (Å²) in [7, 11) is -1.71. The first kappa shape index (κ1) is 15.6. The summed E-state index contributed by atoms with van der Waals surface area (Å²) < 4.78 is 8.13. The molecule has 0 saturated heterocycles. The summed E-state index contributed by atoms with van der Waals surface area (Å²) in [5.41, 5.74) is 0. The summed E-state index contributed by atoms with van der Waals surface area (Å²) >= 11 is 2.19. The van der Waals surface area contributed by atoms with E-state index >= 15 is 0 Å². The Balaban J connectivity index is 4.51. The van der Waals surface area contributed by atoms with E-state index in [0.29, 0.717) is 6.42 Å². The molecule has 0 aliphatic heterocycles. The van der Waals surface area contributed by atoms with Gasteiger partial charge in [-0.25, -0.2) is 0 Å². The van der Waals surface area contributed by atoms with Crippen molar-refractivity contribution in [3.8, 4) is 0 Å². The van der Waals surface area contributed by atoms with Gasteiger partial charge in [0.15, 0.2) is 8.32 Å². The third-order valence-corrected chi connectivity index (χ3v) is 7.87. The van der Waals surface area contributed by atoms with Gasteiger partial charge in [-0.3, -0.25) is 0 Å². The predicted molar refractivity (Wildman–Crippen MR) is 76.9 cm³/mol. The molecular weight excluding hydrogens is 319 g/mol. The van der Waals surface area contributed by atoms with Crippen LogP contribution in [0.25, 0.3) is 0 Å². The van der Waals surface area contributed by atoms with Gasteiger partial charge in [-0.2, -0.15) is 0 Å². The SMILES string of the molecule is CC(C)(C)[Si](C)(C)OC(/C=C/I)CCO. The number of aliphatic hydroxyl groups is 1. The van der Waals surface area contributed by atoms with E-state index < -0.39 is 8.32 Å². The fourth-order valence-electron chi connectivity index (χ4n) is 0.958. The molecule has 1 atom stereocenters. The summed E-state index contributed by atoms with van der Waals surface area (Å²) in [5, 5.41) is 9.18. The topological polar surface area (TPSA) is 29.5 Å². The van der Waals surface area contributed by atoms with Gasteiger partial charge in [0.2, 0.25) is 0 Å². The van der Waals surface area contributed by atoms with Gasteiger partial charge in [-0.1, -0.05) is 49.4 Å². The fraction of sp³-hybridized carbons (Fsp3) is 0.818. The molecule has 0 aliphatic rings. The zero-order valence-corrected chi connectivity index (χ0v) is 13.5. The molecule has 90 valence electrons. The van der Waals surface area contributed by atoms with Crippen molar-refractivity contribution >= 4 is 30.9 Å². The summed E-state index contributed by atoms with van der Waals surface area (Å²) in [6.07, 6.45) is 2.77. The van der Waals surface area contributed by atoms with Crippen molar-refractivity contribution < 1.29 is 9.53 Å². The van der Waals surface area contributed by atoms with Crippen LogP contribution >= 0.6 is 22.6 Å². The zero-order valence-electron chi connectivity index (χ0n) is 10.4. The van der Waals surface area contributed by atoms with E-state index in [2.05, 4.69) is 56.5 Å². The van der Waals surface area contributed by atoms with Gasteiger partial charge in [-0.15, -0.1) is 0 Å². The first-order valence-corrected chi connectivity index (χ1v) is 9.45. The van der Waals surface area contributed by atoms with Crippen LogP contribution in [-0.4, -0.2) is 26.1 Å². The van der Waals surface area contributed by atoms with Gasteiger partial charge < -0.3 is 9.53 Å². The average molecular weight is 342 g/mol. The molecule has 0 rings (SSSR count). The molecule has 0 heterocycles. The van der Waals surface area contributed by atoms with Crippen LogP contribution in [-0.2, 0) is 4.43 Å². The first-order valence-electron chi connectivity index (χ1n) is 5.30. The van der Waals surface area contributed by atoms with Crippen molar-refractivity contribution in [2.24, 2.45) is 0 Å². The maximum absolute atomic E-state index is 8.96. The highest BCUT2D eigenvalue weighted by Gasteiger charge is 2.38. The zero-order chi connectivity index (χ0) is 12.1. The molecule has 0 aromatic rings. The molecule has 0 amide bonds. The Labute approximate surface area is 108 Å². The summed E-state index contributed by atoms with van der Waals surface area (Å²) in [4.78, 5) is 0. The molecule has 4 heteroatoms. The number of hydrogen-bond donors (Lipinski definition) is 1. The third kappa shape index (κ3) is 5.47. The number of halogens is 1. The Bertz CT molecular complexity index is 209. The van der Waals surface area contributed by atoms with Crippen molar-refractivity contribution in [2.45, 2.75) is 51.4 Å². The van der Waals surface area contributed by atoms with Crippen LogP contribution < -0.4 is 0 Å². The monoisotopic (exact) mass is 342 g/mol. The number of aliphatic hydroxyl groups excluding tert-OH is 1. The van der Waals surface area contributed by atoms with Gasteiger partial charge in [0.05, 0.1) is 6.10 Å². The summed E-state index contributed by atoms with van der Waals surface area (Å²) in [6, 6.07) is 0. The van der Waals surface area contributed by atoms with Crippen LogP contribution in [0.3, 0.4) is 0 Å². The Hall–Kier alpha value is 0.607. The van der Waals surface area contributed by atoms with Crippen molar-refractivity contribution in [3.05, 3.63) is 10.2 Å². The third-order valence-electron chi connectivity index (χ3n) is 2.95. The molecule has 0 aromatic carbocycles. The van der Waals surface area contributed by atoms with Gasteiger partial charge in [0.25, 0.3) is 0 Å². The fourth-order valence-corrected chi connectivity index (χ4v) is 2.73. The highest BCUT2D eigenvalue weighted by Crippen LogP contribution is 2.37. The smallest absolute Gasteiger partial charge is 0.192 e. The molecule has 0 spiro atoms. The van der Waals surface area contributed by atoms with Gasteiger partial charge in [-0.05, 0) is 28.6 Å². The van der Waals surface area contributed by atoms with Gasteiger partial charge in [0.1, 0.15) is 0 Å². The predicted octanol–water partition coefficient (Wildman–Crippen LogP) is 3.71. The normalized spacial score (nSPS) is 15.9. The molecule has 0 bridgehead atoms. The Morgan fingerprint density at radius 1 is 1.40 bits per heavy atom. The minimum Gasteiger partial charge on any atom is -0.410 e. The van der Waals surface area contributed by atoms with Gasteiger partial charge >= 0.3 is 0 Å². The highest BCUT2D eigenvalue weighted by atomic mass is 127. The molecule has 0 fully saturated rings. The number of hydrogen-bond acceptors (Lipinski definition) is 2. The molecule has 2 nitrogen and oxygen atoms in total. The van der Waals surface area contributed by atoms with E-state index in [1.54, 1.807) is 0 Å². The second kappa shape index (κ2) is 6.37. The lowest BCUT2D eigenvalue weighted by Gasteiger charge is -2.38. The quantitative estimate of drug-likeness (QED) is 0.610. The van der Waals surface area contributed by atoms with Crippen molar-refractivity contribution in [1.29, 1.82) is 0 Å². The van der Waals surface area contributed by atoms with Crippen LogP contribution in [0, 0.1) is 0 Å². The second-order valence-electron chi connectivity index (χ2n) is 5.25. The summed E-state index contributed by atoms with van der Waals surface area (Å²) in [6.45, 7) is 11.3. The molecule has 1 unspecified atom stereocenters. The molecule has 0 aliphatic carbocycles. The minimum atomic E-state index is -1.71. The minimum absolute atomic E-state index is 0.0628. The Morgan fingerprint density at radius 3 is 2.27 bits per heavy atom. The largest absolute Gasteiger partial charge is 0.410 e. The van der Waals surface area contributed by atoms with E-state index in [-0.39, 0.29) is 17.7 Å². The Morgan fingerprint density at radius 2 is 1.93 bits per heavy atom. The van der Waals surface area contributed by atoms with Crippen LogP contribution in [0.1, 0.15) is 27.2 Å². The molecule has 15 heavy (non-hydrogen) atoms. The van der Waals surface area contributed by atoms with Crippen LogP contribution in [0.5, 0.6) is 0 Å². The molecule has 0 saturated carbocycles. The van der Waals surface area contributed by atoms with Gasteiger partial charge in [0, 0.05) is 6.61 Å². The van der Waals surface area contributed by atoms with E-state index in [4.69, 9.17) is 9.53 Å². The average Bonchev–Trinajstić information content (AvgIpc) is 2.02. The van der Waals surface area contributed by atoms with E-state index in [1.807, 2.05) is 10.2 Å².